The lowest BCUT2D eigenvalue weighted by atomic mass is 9.53. The third-order valence-electron chi connectivity index (χ3n) is 13.2. The molecule has 2 N–H and O–H groups in total. The molecule has 4 saturated carbocycles. The number of methoxy groups -OCH3 is 1. The second-order valence-electron chi connectivity index (χ2n) is 16.7. The number of epoxide rings is 2. The Morgan fingerprint density at radius 3 is 2.20 bits per heavy atom. The molecule has 12 nitrogen and oxygen atoms in total. The Morgan fingerprint density at radius 1 is 0.922 bits per heavy atom. The number of amides is 3. The van der Waals surface area contributed by atoms with Gasteiger partial charge < -0.3 is 39.3 Å². The normalized spacial score (nSPS) is 37.8. The molecule has 0 aromatic carbocycles. The van der Waals surface area contributed by atoms with Crippen LogP contribution in [0.3, 0.4) is 0 Å². The molecule has 3 heterocycles. The molecular formula is C39H59N3O9. The van der Waals surface area contributed by atoms with E-state index in [1.54, 1.807) is 7.11 Å². The van der Waals surface area contributed by atoms with Gasteiger partial charge in [-0.05, 0) is 105 Å². The number of ketones is 1. The molecule has 2 bridgehead atoms. The van der Waals surface area contributed by atoms with Gasteiger partial charge in [-0.15, -0.1) is 0 Å². The highest BCUT2D eigenvalue weighted by atomic mass is 16.6. The number of allylic oxidation sites excluding steroid dienone is 1. The van der Waals surface area contributed by atoms with Crippen LogP contribution in [0, 0.1) is 16.7 Å². The predicted molar refractivity (Wildman–Crippen MR) is 187 cm³/mol. The van der Waals surface area contributed by atoms with E-state index in [2.05, 4.69) is 37.5 Å². The molecule has 12 heteroatoms. The lowest BCUT2D eigenvalue weighted by Crippen LogP contribution is -2.62. The summed E-state index contributed by atoms with van der Waals surface area (Å²) in [5.74, 6) is -0.537. The molecular weight excluding hydrogens is 654 g/mol. The summed E-state index contributed by atoms with van der Waals surface area (Å²) >= 11 is 0. The van der Waals surface area contributed by atoms with Crippen LogP contribution in [0.4, 0.5) is 0 Å². The van der Waals surface area contributed by atoms with E-state index in [0.717, 1.165) is 25.7 Å². The molecule has 3 aliphatic heterocycles. The number of rotatable bonds is 15. The number of hydrogen-bond donors (Lipinski definition) is 2. The summed E-state index contributed by atoms with van der Waals surface area (Å²) in [6, 6.07) is -0.735. The van der Waals surface area contributed by atoms with Crippen molar-refractivity contribution in [3.05, 3.63) is 11.6 Å². The first-order valence-electron chi connectivity index (χ1n) is 19.3. The Morgan fingerprint density at radius 2 is 1.59 bits per heavy atom. The van der Waals surface area contributed by atoms with E-state index < -0.39 is 22.8 Å². The first kappa shape index (κ1) is 37.9. The van der Waals surface area contributed by atoms with Gasteiger partial charge in [0.2, 0.25) is 17.7 Å². The molecule has 7 atom stereocenters. The number of ether oxygens (including phenoxy) is 4. The molecule has 51 heavy (non-hydrogen) atoms. The van der Waals surface area contributed by atoms with Gasteiger partial charge in [0.15, 0.2) is 0 Å². The van der Waals surface area contributed by atoms with Gasteiger partial charge in [0, 0.05) is 49.8 Å². The summed E-state index contributed by atoms with van der Waals surface area (Å²) in [4.78, 5) is 65.5. The van der Waals surface area contributed by atoms with Gasteiger partial charge >= 0.3 is 5.97 Å². The smallest absolute Gasteiger partial charge is 0.328 e. The second kappa shape index (κ2) is 14.9. The number of fused-ring (bicyclic) bond motifs is 3. The Labute approximate surface area is 302 Å². The van der Waals surface area contributed by atoms with Crippen LogP contribution in [0.1, 0.15) is 118 Å². The van der Waals surface area contributed by atoms with E-state index >= 15 is 0 Å². The van der Waals surface area contributed by atoms with Gasteiger partial charge in [0.25, 0.3) is 0 Å². The van der Waals surface area contributed by atoms with E-state index in [-0.39, 0.29) is 78.3 Å². The fourth-order valence-electron chi connectivity index (χ4n) is 9.80. The highest BCUT2D eigenvalue weighted by Gasteiger charge is 2.72. The molecule has 1 spiro atoms. The van der Waals surface area contributed by atoms with Gasteiger partial charge in [0.1, 0.15) is 17.4 Å². The topological polar surface area (TPSA) is 156 Å². The fraction of sp³-hybridized carbons (Fsp3) is 0.821. The van der Waals surface area contributed by atoms with Crippen LogP contribution in [0.2, 0.25) is 0 Å². The van der Waals surface area contributed by atoms with E-state index in [1.165, 1.54) is 17.4 Å². The number of likely N-dealkylation sites (tertiary alicyclic amines) is 1. The van der Waals surface area contributed by atoms with Crippen LogP contribution in [-0.4, -0.2) is 103 Å². The summed E-state index contributed by atoms with van der Waals surface area (Å²) < 4.78 is 24.1. The zero-order valence-corrected chi connectivity index (χ0v) is 31.3. The first-order chi connectivity index (χ1) is 24.3. The van der Waals surface area contributed by atoms with Crippen LogP contribution in [0.15, 0.2) is 11.6 Å². The largest absolute Gasteiger partial charge is 0.464 e. The van der Waals surface area contributed by atoms with Gasteiger partial charge in [-0.25, -0.2) is 4.79 Å². The van der Waals surface area contributed by atoms with E-state index in [1.807, 2.05) is 0 Å². The molecule has 0 radical (unpaired) electrons. The SMILES string of the molecule is CO[C@H]1[C@H](C2(C)O[C@@H]2CC=C(C)C)[C@]2(CC[C@H]1NC(=O)C13CCC(C(=O)NCCCOC(=O)[C@H]4CCCN4C(=O)CCC(C)=O)(CC1)CC3)CO2. The zero-order valence-electron chi connectivity index (χ0n) is 31.3. The highest BCUT2D eigenvalue weighted by Crippen LogP contribution is 2.60. The maximum absolute atomic E-state index is 14.1. The molecule has 3 amide bonds. The predicted octanol–water partition coefficient (Wildman–Crippen LogP) is 3.93. The van der Waals surface area contributed by atoms with Crippen molar-refractivity contribution in [1.82, 2.24) is 15.5 Å². The van der Waals surface area contributed by atoms with E-state index in [9.17, 15) is 24.0 Å². The van der Waals surface area contributed by atoms with Crippen LogP contribution in [0.5, 0.6) is 0 Å². The minimum absolute atomic E-state index is 0.0187. The summed E-state index contributed by atoms with van der Waals surface area (Å²) in [5, 5.41) is 6.51. The monoisotopic (exact) mass is 713 g/mol. The minimum Gasteiger partial charge on any atom is -0.464 e. The number of nitrogens with one attached hydrogen (secondary N) is 2. The maximum atomic E-state index is 14.1. The Kier molecular flexibility index (Phi) is 11.1. The van der Waals surface area contributed by atoms with Crippen LogP contribution >= 0.6 is 0 Å². The van der Waals surface area contributed by atoms with Crippen LogP contribution < -0.4 is 10.6 Å². The Bertz CT molecular complexity index is 1380. The summed E-state index contributed by atoms with van der Waals surface area (Å²) in [7, 11) is 1.73. The third kappa shape index (κ3) is 7.65. The number of carbonyl (C=O) groups excluding carboxylic acids is 5. The molecule has 7 rings (SSSR count). The number of nitrogens with zero attached hydrogens (tertiary/aromatic N) is 1. The standard InChI is InChI=1S/C39H59N3O9/c1-25(2)9-11-29-36(4,51-29)32-31(48-5)27(13-14-39(32)24-50-39)41-35(47)38-18-15-37(16-19-38,17-20-38)34(46)40-21-7-23-49-33(45)28-8-6-22-42(28)30(44)12-10-26(3)43/h9,27-29,31-32H,6-8,10-24H2,1-5H3,(H,40,46)(H,41,47)/t27-,28-,29-,31-,32-,36?,37?,38?,39+/m1/s1. The molecule has 3 saturated heterocycles. The molecule has 0 aromatic rings. The summed E-state index contributed by atoms with van der Waals surface area (Å²) in [6.07, 6.45) is 10.7. The van der Waals surface area contributed by atoms with Crippen molar-refractivity contribution >= 4 is 29.5 Å². The maximum Gasteiger partial charge on any atom is 0.328 e. The quantitative estimate of drug-likeness (QED) is 0.111. The van der Waals surface area contributed by atoms with Crippen molar-refractivity contribution in [2.24, 2.45) is 16.7 Å². The average Bonchev–Trinajstić information content (AvgIpc) is 3.97. The third-order valence-corrected chi connectivity index (χ3v) is 13.2. The van der Waals surface area contributed by atoms with Crippen molar-refractivity contribution in [1.29, 1.82) is 0 Å². The van der Waals surface area contributed by atoms with Gasteiger partial charge in [0.05, 0.1) is 37.1 Å². The van der Waals surface area contributed by atoms with Crippen LogP contribution in [0.25, 0.3) is 0 Å². The zero-order chi connectivity index (χ0) is 36.6. The van der Waals surface area contributed by atoms with Crippen LogP contribution in [-0.2, 0) is 42.9 Å². The molecule has 7 fully saturated rings. The highest BCUT2D eigenvalue weighted by molar-refractivity contribution is 5.88. The summed E-state index contributed by atoms with van der Waals surface area (Å²) in [5.41, 5.74) is -0.268. The van der Waals surface area contributed by atoms with Crippen molar-refractivity contribution in [3.63, 3.8) is 0 Å². The molecule has 0 aromatic heterocycles. The van der Waals surface area contributed by atoms with E-state index in [4.69, 9.17) is 18.9 Å². The average molecular weight is 714 g/mol. The molecule has 284 valence electrons. The first-order valence-corrected chi connectivity index (χ1v) is 19.3. The number of esters is 1. The molecule has 7 aliphatic rings. The Balaban J connectivity index is 0.951. The summed E-state index contributed by atoms with van der Waals surface area (Å²) in [6.45, 7) is 9.56. The van der Waals surface area contributed by atoms with Crippen molar-refractivity contribution in [2.75, 3.05) is 33.4 Å². The van der Waals surface area contributed by atoms with Crippen molar-refractivity contribution in [3.8, 4) is 0 Å². The van der Waals surface area contributed by atoms with Gasteiger partial charge in [-0.2, -0.15) is 0 Å². The lowest BCUT2D eigenvalue weighted by Gasteiger charge is -2.52. The van der Waals surface area contributed by atoms with E-state index in [0.29, 0.717) is 71.1 Å². The minimum atomic E-state index is -0.607. The molecule has 4 aliphatic carbocycles. The Hall–Kier alpha value is -2.83. The lowest BCUT2D eigenvalue weighted by molar-refractivity contribution is -0.154. The van der Waals surface area contributed by atoms with Gasteiger partial charge in [-0.1, -0.05) is 11.6 Å². The van der Waals surface area contributed by atoms with Crippen molar-refractivity contribution < 1.29 is 42.9 Å². The number of hydrogen-bond acceptors (Lipinski definition) is 9. The number of carbonyl (C=O) groups is 5. The second-order valence-corrected chi connectivity index (χ2v) is 16.7. The van der Waals surface area contributed by atoms with Crippen molar-refractivity contribution in [2.45, 2.75) is 153 Å². The molecule has 1 unspecified atom stereocenters. The number of Topliss-reactive ketones (excluding diaryl/α,β-unsaturated/α-hetero) is 1. The van der Waals surface area contributed by atoms with Gasteiger partial charge in [-0.3, -0.25) is 14.4 Å². The fourth-order valence-corrected chi connectivity index (χ4v) is 9.80.